The Kier molecular flexibility index (Phi) is 9.04. The maximum atomic E-state index is 13.3. The van der Waals surface area contributed by atoms with Gasteiger partial charge < -0.3 is 11.1 Å². The lowest BCUT2D eigenvalue weighted by Crippen LogP contribution is -2.45. The number of nitrogens with two attached hydrogens (primary N) is 1. The zero-order valence-electron chi connectivity index (χ0n) is 21.3. The number of guanidine groups is 1. The number of aliphatic imine (C=N–C) groups is 1. The SMILES string of the molecule is CN1C(=O)[C@@](CCC2CCCCC2)(C[C@H]2CCC[C@@H](NCCCCc3ccccc3)C2)N=C1N. The third kappa shape index (κ3) is 6.62. The van der Waals surface area contributed by atoms with Gasteiger partial charge in [0, 0.05) is 13.1 Å². The van der Waals surface area contributed by atoms with Gasteiger partial charge in [-0.1, -0.05) is 75.3 Å². The van der Waals surface area contributed by atoms with Gasteiger partial charge in [0.15, 0.2) is 5.96 Å². The van der Waals surface area contributed by atoms with Crippen LogP contribution in [0, 0.1) is 11.8 Å². The predicted octanol–water partition coefficient (Wildman–Crippen LogP) is 5.43. The molecule has 5 heteroatoms. The van der Waals surface area contributed by atoms with E-state index in [1.165, 1.54) is 69.8 Å². The third-order valence-electron chi connectivity index (χ3n) is 8.64. The van der Waals surface area contributed by atoms with Crippen LogP contribution in [0.25, 0.3) is 0 Å². The second kappa shape index (κ2) is 12.2. The molecule has 1 aromatic carbocycles. The van der Waals surface area contributed by atoms with Gasteiger partial charge in [0.25, 0.3) is 5.91 Å². The number of benzene rings is 1. The fraction of sp³-hybridized carbons (Fsp3) is 0.724. The number of aryl methyl sites for hydroxylation is 1. The monoisotopic (exact) mass is 466 g/mol. The molecule has 0 aromatic heterocycles. The van der Waals surface area contributed by atoms with E-state index in [2.05, 4.69) is 35.6 Å². The van der Waals surface area contributed by atoms with Crippen LogP contribution in [0.4, 0.5) is 0 Å². The van der Waals surface area contributed by atoms with Crippen LogP contribution in [0.1, 0.15) is 95.5 Å². The van der Waals surface area contributed by atoms with E-state index in [1.54, 1.807) is 11.9 Å². The van der Waals surface area contributed by atoms with E-state index in [-0.39, 0.29) is 5.91 Å². The fourth-order valence-electron chi connectivity index (χ4n) is 6.62. The first-order valence-corrected chi connectivity index (χ1v) is 14.0. The van der Waals surface area contributed by atoms with Crippen LogP contribution in [-0.4, -0.2) is 41.9 Å². The zero-order chi connectivity index (χ0) is 23.8. The van der Waals surface area contributed by atoms with Crippen molar-refractivity contribution in [2.45, 2.75) is 108 Å². The number of nitrogens with zero attached hydrogens (tertiary/aromatic N) is 2. The average molecular weight is 467 g/mol. The molecule has 0 bridgehead atoms. The predicted molar refractivity (Wildman–Crippen MR) is 141 cm³/mol. The molecule has 0 saturated heterocycles. The Bertz CT molecular complexity index is 804. The minimum absolute atomic E-state index is 0.136. The summed E-state index contributed by atoms with van der Waals surface area (Å²) in [5.74, 6) is 1.86. The van der Waals surface area contributed by atoms with Gasteiger partial charge in [0.05, 0.1) is 0 Å². The summed E-state index contributed by atoms with van der Waals surface area (Å²) in [6.07, 6.45) is 18.0. The third-order valence-corrected chi connectivity index (χ3v) is 8.64. The fourth-order valence-corrected chi connectivity index (χ4v) is 6.62. The summed E-state index contributed by atoms with van der Waals surface area (Å²) < 4.78 is 0. The minimum Gasteiger partial charge on any atom is -0.369 e. The van der Waals surface area contributed by atoms with Crippen LogP contribution in [0.5, 0.6) is 0 Å². The van der Waals surface area contributed by atoms with E-state index in [9.17, 15) is 4.79 Å². The molecule has 188 valence electrons. The highest BCUT2D eigenvalue weighted by Crippen LogP contribution is 2.40. The topological polar surface area (TPSA) is 70.7 Å². The van der Waals surface area contributed by atoms with Gasteiger partial charge in [0.1, 0.15) is 5.54 Å². The van der Waals surface area contributed by atoms with Crippen molar-refractivity contribution in [3.63, 3.8) is 0 Å². The second-order valence-corrected chi connectivity index (χ2v) is 11.2. The lowest BCUT2D eigenvalue weighted by molar-refractivity contribution is -0.131. The van der Waals surface area contributed by atoms with Gasteiger partial charge in [-0.25, -0.2) is 4.99 Å². The molecule has 2 fully saturated rings. The number of nitrogens with one attached hydrogen (secondary N) is 1. The Hall–Kier alpha value is -1.88. The van der Waals surface area contributed by atoms with Crippen molar-refractivity contribution in [1.82, 2.24) is 10.2 Å². The Morgan fingerprint density at radius 2 is 1.79 bits per heavy atom. The highest BCUT2D eigenvalue weighted by molar-refractivity contribution is 6.06. The Morgan fingerprint density at radius 1 is 1.03 bits per heavy atom. The van der Waals surface area contributed by atoms with Gasteiger partial charge in [-0.2, -0.15) is 0 Å². The number of rotatable bonds is 11. The van der Waals surface area contributed by atoms with Crippen LogP contribution in [-0.2, 0) is 11.2 Å². The summed E-state index contributed by atoms with van der Waals surface area (Å²) >= 11 is 0. The standard InChI is InChI=1S/C29H46N4O/c1-33-27(34)29(32-28(33)30,19-18-24-13-6-3-7-14-24)22-25-16-10-17-26(21-25)31-20-9-8-15-23-11-4-2-5-12-23/h2,4-5,11-12,24-26,31H,3,6-10,13-22H2,1H3,(H2,30,32)/t25-,26+,29+/m0/s1. The highest BCUT2D eigenvalue weighted by atomic mass is 16.2. The average Bonchev–Trinajstić information content (AvgIpc) is 3.07. The van der Waals surface area contributed by atoms with Crippen molar-refractivity contribution in [2.75, 3.05) is 13.6 Å². The zero-order valence-corrected chi connectivity index (χ0v) is 21.3. The number of hydrogen-bond acceptors (Lipinski definition) is 4. The Labute approximate surface area is 207 Å². The Morgan fingerprint density at radius 3 is 2.53 bits per heavy atom. The molecule has 1 aliphatic heterocycles. The van der Waals surface area contributed by atoms with E-state index < -0.39 is 5.54 Å². The van der Waals surface area contributed by atoms with E-state index in [0.717, 1.165) is 44.6 Å². The number of unbranched alkanes of at least 4 members (excludes halogenated alkanes) is 1. The van der Waals surface area contributed by atoms with Crippen molar-refractivity contribution in [2.24, 2.45) is 22.6 Å². The van der Waals surface area contributed by atoms with E-state index in [4.69, 9.17) is 10.7 Å². The van der Waals surface area contributed by atoms with Gasteiger partial charge >= 0.3 is 0 Å². The van der Waals surface area contributed by atoms with Crippen molar-refractivity contribution < 1.29 is 4.79 Å². The summed E-state index contributed by atoms with van der Waals surface area (Å²) in [6, 6.07) is 11.4. The largest absolute Gasteiger partial charge is 0.369 e. The van der Waals surface area contributed by atoms with Crippen LogP contribution in [0.15, 0.2) is 35.3 Å². The second-order valence-electron chi connectivity index (χ2n) is 11.2. The van der Waals surface area contributed by atoms with E-state index in [0.29, 0.717) is 17.9 Å². The van der Waals surface area contributed by atoms with Crippen molar-refractivity contribution in [3.8, 4) is 0 Å². The smallest absolute Gasteiger partial charge is 0.257 e. The summed E-state index contributed by atoms with van der Waals surface area (Å²) in [5, 5.41) is 3.83. The first kappa shape index (κ1) is 25.2. The van der Waals surface area contributed by atoms with Gasteiger partial charge in [-0.3, -0.25) is 9.69 Å². The van der Waals surface area contributed by atoms with E-state index in [1.807, 2.05) is 0 Å². The molecule has 3 N–H and O–H groups in total. The number of amides is 1. The van der Waals surface area contributed by atoms with Gasteiger partial charge in [0.2, 0.25) is 0 Å². The lowest BCUT2D eigenvalue weighted by atomic mass is 9.74. The summed E-state index contributed by atoms with van der Waals surface area (Å²) in [7, 11) is 1.80. The molecule has 1 aromatic rings. The maximum absolute atomic E-state index is 13.3. The van der Waals surface area contributed by atoms with Crippen molar-refractivity contribution in [1.29, 1.82) is 0 Å². The minimum atomic E-state index is -0.613. The van der Waals surface area contributed by atoms with Gasteiger partial charge in [-0.05, 0) is 75.3 Å². The number of carbonyl (C=O) groups is 1. The molecule has 0 radical (unpaired) electrons. The number of carbonyl (C=O) groups excluding carboxylic acids is 1. The van der Waals surface area contributed by atoms with Crippen LogP contribution >= 0.6 is 0 Å². The first-order chi connectivity index (χ1) is 16.6. The molecule has 0 spiro atoms. The highest BCUT2D eigenvalue weighted by Gasteiger charge is 2.47. The van der Waals surface area contributed by atoms with Crippen LogP contribution < -0.4 is 11.1 Å². The lowest BCUT2D eigenvalue weighted by Gasteiger charge is -2.35. The summed E-state index contributed by atoms with van der Waals surface area (Å²) in [5.41, 5.74) is 6.99. The molecule has 3 atom stereocenters. The van der Waals surface area contributed by atoms with Crippen LogP contribution in [0.3, 0.4) is 0 Å². The number of hydrogen-bond donors (Lipinski definition) is 2. The van der Waals surface area contributed by atoms with Crippen LogP contribution in [0.2, 0.25) is 0 Å². The molecule has 2 saturated carbocycles. The summed E-state index contributed by atoms with van der Waals surface area (Å²) in [4.78, 5) is 19.8. The molecule has 1 amide bonds. The first-order valence-electron chi connectivity index (χ1n) is 14.0. The molecule has 34 heavy (non-hydrogen) atoms. The quantitative estimate of drug-likeness (QED) is 0.427. The Balaban J connectivity index is 1.26. The molecule has 4 rings (SSSR count). The number of likely N-dealkylation sites (N-methyl/N-ethyl adjacent to an activating group) is 1. The molecular weight excluding hydrogens is 420 g/mol. The van der Waals surface area contributed by atoms with E-state index >= 15 is 0 Å². The molecular formula is C29H46N4O. The van der Waals surface area contributed by atoms with Gasteiger partial charge in [-0.15, -0.1) is 0 Å². The molecule has 3 aliphatic rings. The molecule has 0 unspecified atom stereocenters. The molecule has 1 heterocycles. The summed E-state index contributed by atoms with van der Waals surface area (Å²) in [6.45, 7) is 1.09. The normalized spacial score (nSPS) is 28.3. The molecule has 5 nitrogen and oxygen atoms in total. The maximum Gasteiger partial charge on any atom is 0.257 e. The van der Waals surface area contributed by atoms with Crippen molar-refractivity contribution in [3.05, 3.63) is 35.9 Å². The van der Waals surface area contributed by atoms with Crippen molar-refractivity contribution >= 4 is 11.9 Å². The molecule has 2 aliphatic carbocycles.